The van der Waals surface area contributed by atoms with Crippen LogP contribution in [-0.4, -0.2) is 48.2 Å². The van der Waals surface area contributed by atoms with Crippen molar-refractivity contribution >= 4 is 29.1 Å². The SMILES string of the molecule is Cl.O=C(CCS(=O)c1ccc2c(c1)OCCO2)NC1CCCNC1. The van der Waals surface area contributed by atoms with Crippen LogP contribution in [0.3, 0.4) is 0 Å². The topological polar surface area (TPSA) is 76.7 Å². The van der Waals surface area contributed by atoms with Gasteiger partial charge >= 0.3 is 0 Å². The molecule has 1 amide bonds. The average Bonchev–Trinajstić information content (AvgIpc) is 2.60. The van der Waals surface area contributed by atoms with Gasteiger partial charge < -0.3 is 20.1 Å². The van der Waals surface area contributed by atoms with Gasteiger partial charge in [0, 0.05) is 35.7 Å². The van der Waals surface area contributed by atoms with Crippen molar-refractivity contribution in [3.63, 3.8) is 0 Å². The van der Waals surface area contributed by atoms with Crippen LogP contribution >= 0.6 is 12.4 Å². The van der Waals surface area contributed by atoms with Gasteiger partial charge in [-0.3, -0.25) is 9.00 Å². The Balaban J connectivity index is 0.00000208. The van der Waals surface area contributed by atoms with E-state index in [4.69, 9.17) is 9.47 Å². The summed E-state index contributed by atoms with van der Waals surface area (Å²) in [5, 5.41) is 6.25. The largest absolute Gasteiger partial charge is 0.486 e. The van der Waals surface area contributed by atoms with Crippen LogP contribution in [0.2, 0.25) is 0 Å². The van der Waals surface area contributed by atoms with Gasteiger partial charge in [0.25, 0.3) is 0 Å². The van der Waals surface area contributed by atoms with Crippen molar-refractivity contribution in [3.05, 3.63) is 18.2 Å². The van der Waals surface area contributed by atoms with Crippen LogP contribution in [0.5, 0.6) is 11.5 Å². The van der Waals surface area contributed by atoms with Gasteiger partial charge in [0.05, 0.1) is 10.8 Å². The van der Waals surface area contributed by atoms with E-state index in [1.165, 1.54) is 0 Å². The Kier molecular flexibility index (Phi) is 7.33. The third-order valence-electron chi connectivity index (χ3n) is 3.95. The van der Waals surface area contributed by atoms with E-state index in [0.29, 0.717) is 35.4 Å². The Morgan fingerprint density at radius 2 is 2.08 bits per heavy atom. The normalized spacial score (nSPS) is 20.6. The predicted molar refractivity (Wildman–Crippen MR) is 94.6 cm³/mol. The molecule has 2 heterocycles. The summed E-state index contributed by atoms with van der Waals surface area (Å²) in [6.07, 6.45) is 2.34. The van der Waals surface area contributed by atoms with Crippen molar-refractivity contribution in [1.29, 1.82) is 0 Å². The van der Waals surface area contributed by atoms with Gasteiger partial charge in [-0.2, -0.15) is 0 Å². The van der Waals surface area contributed by atoms with Crippen LogP contribution in [0.25, 0.3) is 0 Å². The molecule has 24 heavy (non-hydrogen) atoms. The molecule has 1 aromatic rings. The fourth-order valence-corrected chi connectivity index (χ4v) is 3.81. The zero-order valence-electron chi connectivity index (χ0n) is 13.4. The van der Waals surface area contributed by atoms with E-state index in [2.05, 4.69) is 10.6 Å². The standard InChI is InChI=1S/C16H22N2O4S.ClH/c19-16(18-12-2-1-6-17-11-12)5-9-23(20)13-3-4-14-15(10-13)22-8-7-21-14;/h3-4,10,12,17H,1-2,5-9,11H2,(H,18,19);1H. The first kappa shape index (κ1) is 19.0. The fourth-order valence-electron chi connectivity index (χ4n) is 2.74. The molecule has 0 aliphatic carbocycles. The number of rotatable bonds is 5. The minimum absolute atomic E-state index is 0. The number of hydrogen-bond acceptors (Lipinski definition) is 5. The molecule has 8 heteroatoms. The zero-order chi connectivity index (χ0) is 16.1. The molecule has 6 nitrogen and oxygen atoms in total. The van der Waals surface area contributed by atoms with Crippen molar-refractivity contribution in [2.45, 2.75) is 30.2 Å². The second kappa shape index (κ2) is 9.25. The third kappa shape index (κ3) is 5.09. The van der Waals surface area contributed by atoms with Gasteiger partial charge in [0.15, 0.2) is 11.5 Å². The molecule has 2 atom stereocenters. The zero-order valence-corrected chi connectivity index (χ0v) is 15.0. The minimum Gasteiger partial charge on any atom is -0.486 e. The molecule has 1 aromatic carbocycles. The number of hydrogen-bond donors (Lipinski definition) is 2. The van der Waals surface area contributed by atoms with Gasteiger partial charge in [-0.05, 0) is 31.5 Å². The maximum absolute atomic E-state index is 12.3. The Bertz CT molecular complexity index is 593. The van der Waals surface area contributed by atoms with Crippen LogP contribution in [0, 0.1) is 0 Å². The lowest BCUT2D eigenvalue weighted by Gasteiger charge is -2.23. The van der Waals surface area contributed by atoms with Crippen LogP contribution in [0.1, 0.15) is 19.3 Å². The van der Waals surface area contributed by atoms with Crippen molar-refractivity contribution in [2.75, 3.05) is 32.1 Å². The third-order valence-corrected chi connectivity index (χ3v) is 5.31. The summed E-state index contributed by atoms with van der Waals surface area (Å²) in [7, 11) is -1.22. The highest BCUT2D eigenvalue weighted by molar-refractivity contribution is 7.85. The number of carbonyl (C=O) groups is 1. The summed E-state index contributed by atoms with van der Waals surface area (Å²) in [5.41, 5.74) is 0. The molecule has 2 N–H and O–H groups in total. The van der Waals surface area contributed by atoms with E-state index in [-0.39, 0.29) is 30.8 Å². The summed E-state index contributed by atoms with van der Waals surface area (Å²) in [6.45, 7) is 2.87. The monoisotopic (exact) mass is 374 g/mol. The molecule has 1 saturated heterocycles. The number of ether oxygens (including phenoxy) is 2. The number of piperidine rings is 1. The first-order valence-corrected chi connectivity index (χ1v) is 9.32. The van der Waals surface area contributed by atoms with Gasteiger partial charge in [-0.25, -0.2) is 0 Å². The molecule has 1 fully saturated rings. The lowest BCUT2D eigenvalue weighted by atomic mass is 10.1. The van der Waals surface area contributed by atoms with Gasteiger partial charge in [0.2, 0.25) is 5.91 Å². The fraction of sp³-hybridized carbons (Fsp3) is 0.562. The number of carbonyl (C=O) groups excluding carboxylic acids is 1. The molecule has 2 unspecified atom stereocenters. The Labute approximate surface area is 150 Å². The highest BCUT2D eigenvalue weighted by atomic mass is 35.5. The van der Waals surface area contributed by atoms with Crippen molar-refractivity contribution in [3.8, 4) is 11.5 Å². The minimum atomic E-state index is -1.22. The molecular weight excluding hydrogens is 352 g/mol. The first-order valence-electron chi connectivity index (χ1n) is 8.00. The Morgan fingerprint density at radius 3 is 2.83 bits per heavy atom. The number of amides is 1. The molecule has 2 aliphatic rings. The molecule has 0 radical (unpaired) electrons. The number of halogens is 1. The van der Waals surface area contributed by atoms with Gasteiger partial charge in [0.1, 0.15) is 13.2 Å². The molecule has 3 rings (SSSR count). The molecular formula is C16H23ClN2O4S. The summed E-state index contributed by atoms with van der Waals surface area (Å²) in [5.74, 6) is 1.58. The molecule has 0 bridgehead atoms. The molecule has 0 saturated carbocycles. The molecule has 0 spiro atoms. The predicted octanol–water partition coefficient (Wildman–Crippen LogP) is 1.25. The highest BCUT2D eigenvalue weighted by Gasteiger charge is 2.17. The summed E-state index contributed by atoms with van der Waals surface area (Å²) in [4.78, 5) is 12.6. The first-order chi connectivity index (χ1) is 11.2. The van der Waals surface area contributed by atoms with Crippen LogP contribution in [-0.2, 0) is 15.6 Å². The maximum Gasteiger partial charge on any atom is 0.221 e. The van der Waals surface area contributed by atoms with Crippen LogP contribution in [0.4, 0.5) is 0 Å². The van der Waals surface area contributed by atoms with Gasteiger partial charge in [-0.15, -0.1) is 12.4 Å². The molecule has 134 valence electrons. The summed E-state index contributed by atoms with van der Waals surface area (Å²) >= 11 is 0. The van der Waals surface area contributed by atoms with Gasteiger partial charge in [-0.1, -0.05) is 0 Å². The summed E-state index contributed by atoms with van der Waals surface area (Å²) < 4.78 is 23.3. The van der Waals surface area contributed by atoms with E-state index >= 15 is 0 Å². The molecule has 0 aromatic heterocycles. The highest BCUT2D eigenvalue weighted by Crippen LogP contribution is 2.31. The van der Waals surface area contributed by atoms with Crippen LogP contribution in [0.15, 0.2) is 23.1 Å². The van der Waals surface area contributed by atoms with Crippen molar-refractivity contribution in [1.82, 2.24) is 10.6 Å². The smallest absolute Gasteiger partial charge is 0.221 e. The van der Waals surface area contributed by atoms with E-state index in [1.807, 2.05) is 0 Å². The Hall–Kier alpha value is -1.31. The van der Waals surface area contributed by atoms with Crippen molar-refractivity contribution < 1.29 is 18.5 Å². The van der Waals surface area contributed by atoms with E-state index < -0.39 is 10.8 Å². The Morgan fingerprint density at radius 1 is 1.29 bits per heavy atom. The molecule has 2 aliphatic heterocycles. The number of benzene rings is 1. The maximum atomic E-state index is 12.3. The van der Waals surface area contributed by atoms with E-state index in [1.54, 1.807) is 18.2 Å². The quantitative estimate of drug-likeness (QED) is 0.811. The number of nitrogens with one attached hydrogen (secondary N) is 2. The lowest BCUT2D eigenvalue weighted by Crippen LogP contribution is -2.45. The number of fused-ring (bicyclic) bond motifs is 1. The van der Waals surface area contributed by atoms with Crippen molar-refractivity contribution in [2.24, 2.45) is 0 Å². The lowest BCUT2D eigenvalue weighted by molar-refractivity contribution is -0.121. The van der Waals surface area contributed by atoms with E-state index in [9.17, 15) is 9.00 Å². The second-order valence-electron chi connectivity index (χ2n) is 5.72. The summed E-state index contributed by atoms with van der Waals surface area (Å²) in [6, 6.07) is 5.48. The van der Waals surface area contributed by atoms with Crippen LogP contribution < -0.4 is 20.1 Å². The average molecular weight is 375 g/mol. The second-order valence-corrected chi connectivity index (χ2v) is 7.29. The van der Waals surface area contributed by atoms with E-state index in [0.717, 1.165) is 25.9 Å².